The highest BCUT2D eigenvalue weighted by molar-refractivity contribution is 6.09. The molecule has 0 N–H and O–H groups in total. The molecule has 53 heavy (non-hydrogen) atoms. The summed E-state index contributed by atoms with van der Waals surface area (Å²) in [4.78, 5) is 2.46. The maximum absolute atomic E-state index is 6.83. The van der Waals surface area contributed by atoms with Crippen LogP contribution in [0.2, 0.25) is 0 Å². The van der Waals surface area contributed by atoms with Crippen LogP contribution in [0, 0.1) is 23.7 Å². The zero-order valence-corrected chi connectivity index (χ0v) is 29.5. The molecule has 1 spiro atoms. The molecule has 0 saturated heterocycles. The summed E-state index contributed by atoms with van der Waals surface area (Å²) in [5.41, 5.74) is 10.3. The smallest absolute Gasteiger partial charge is 0.143 e. The van der Waals surface area contributed by atoms with E-state index in [0.717, 1.165) is 73.5 Å². The number of hydrogen-bond acceptors (Lipinski definition) is 3. The summed E-state index contributed by atoms with van der Waals surface area (Å²) in [6, 6.07) is 55.4. The predicted molar refractivity (Wildman–Crippen MR) is 216 cm³/mol. The lowest BCUT2D eigenvalue weighted by atomic mass is 9.42. The Morgan fingerprint density at radius 3 is 2.06 bits per heavy atom. The molecule has 1 aromatic heterocycles. The van der Waals surface area contributed by atoms with Gasteiger partial charge in [0.05, 0.1) is 0 Å². The van der Waals surface area contributed by atoms with Gasteiger partial charge in [0.25, 0.3) is 0 Å². The lowest BCUT2D eigenvalue weighted by molar-refractivity contribution is -0.0452. The molecule has 0 radical (unpaired) electrons. The van der Waals surface area contributed by atoms with Crippen molar-refractivity contribution in [3.05, 3.63) is 163 Å². The van der Waals surface area contributed by atoms with Crippen LogP contribution >= 0.6 is 0 Å². The van der Waals surface area contributed by atoms with E-state index < -0.39 is 0 Å². The number of hydrogen-bond donors (Lipinski definition) is 0. The average molecular weight is 686 g/mol. The first-order chi connectivity index (χ1) is 26.2. The van der Waals surface area contributed by atoms with Crippen molar-refractivity contribution in [2.75, 3.05) is 4.90 Å². The number of fused-ring (bicyclic) bond motifs is 6. The van der Waals surface area contributed by atoms with E-state index in [9.17, 15) is 0 Å². The van der Waals surface area contributed by atoms with Gasteiger partial charge >= 0.3 is 0 Å². The SMILES string of the molecule is c1cc(-c2cccc3c2oc2ccccc23)cc(N(c2ccc3c(c2)C2(c4ccccc4O3)C3CC4CC(C3)CC2C4)c2ccc3ccccc3c2)c1. The Hall–Kier alpha value is -5.80. The Kier molecular flexibility index (Phi) is 6.23. The first kappa shape index (κ1) is 29.7. The van der Waals surface area contributed by atoms with Crippen molar-refractivity contribution in [2.24, 2.45) is 23.7 Å². The standard InChI is InChI=1S/C50H39NO2/c1-2-10-34-28-39(20-19-33(34)9-1)51(38-12-7-11-35(29-38)41-14-8-15-43-42-13-3-5-17-46(42)53-49(41)43)40-21-22-48-45(30-40)50(44-16-4-6-18-47(44)52-48)36-24-31-23-32(26-36)27-37(50)25-31/h1-22,28-32,36-37H,23-27H2. The molecule has 0 amide bonds. The minimum absolute atomic E-state index is 0.0263. The monoisotopic (exact) mass is 685 g/mol. The zero-order valence-electron chi connectivity index (χ0n) is 29.5. The Bertz CT molecular complexity index is 2730. The van der Waals surface area contributed by atoms with Crippen LogP contribution in [0.1, 0.15) is 43.2 Å². The number of para-hydroxylation sites is 3. The summed E-state index contributed by atoms with van der Waals surface area (Å²) < 4.78 is 13.4. The van der Waals surface area contributed by atoms with Gasteiger partial charge < -0.3 is 14.1 Å². The Balaban J connectivity index is 1.07. The predicted octanol–water partition coefficient (Wildman–Crippen LogP) is 13.7. The van der Waals surface area contributed by atoms with Crippen LogP contribution in [0.25, 0.3) is 43.8 Å². The quantitative estimate of drug-likeness (QED) is 0.184. The topological polar surface area (TPSA) is 25.6 Å². The van der Waals surface area contributed by atoms with Crippen molar-refractivity contribution >= 4 is 49.8 Å². The van der Waals surface area contributed by atoms with Gasteiger partial charge in [0.15, 0.2) is 0 Å². The van der Waals surface area contributed by atoms with Gasteiger partial charge in [0.1, 0.15) is 22.7 Å². The second-order valence-electron chi connectivity index (χ2n) is 16.1. The highest BCUT2D eigenvalue weighted by atomic mass is 16.5. The maximum atomic E-state index is 6.83. The molecule has 1 aliphatic heterocycles. The summed E-state index contributed by atoms with van der Waals surface area (Å²) in [6.45, 7) is 0. The number of ether oxygens (including phenoxy) is 1. The summed E-state index contributed by atoms with van der Waals surface area (Å²) >= 11 is 0. The molecule has 4 aliphatic carbocycles. The van der Waals surface area contributed by atoms with Gasteiger partial charge in [0, 0.05) is 49.9 Å². The van der Waals surface area contributed by atoms with Crippen LogP contribution < -0.4 is 9.64 Å². The summed E-state index contributed by atoms with van der Waals surface area (Å²) in [6.07, 6.45) is 6.75. The number of rotatable bonds is 4. The van der Waals surface area contributed by atoms with Crippen LogP contribution in [0.15, 0.2) is 156 Å². The van der Waals surface area contributed by atoms with Crippen molar-refractivity contribution < 1.29 is 9.15 Å². The fraction of sp³-hybridized carbons (Fsp3) is 0.200. The maximum Gasteiger partial charge on any atom is 0.143 e. The molecule has 3 nitrogen and oxygen atoms in total. The third-order valence-corrected chi connectivity index (χ3v) is 13.5. The molecule has 13 rings (SSSR count). The first-order valence-electron chi connectivity index (χ1n) is 19.4. The van der Waals surface area contributed by atoms with E-state index in [4.69, 9.17) is 9.15 Å². The Labute approximate surface area is 309 Å². The molecule has 8 aromatic rings. The molecule has 4 bridgehead atoms. The molecule has 256 valence electrons. The molecule has 4 fully saturated rings. The molecular weight excluding hydrogens is 647 g/mol. The zero-order chi connectivity index (χ0) is 34.7. The molecule has 4 saturated carbocycles. The Morgan fingerprint density at radius 1 is 0.491 bits per heavy atom. The van der Waals surface area contributed by atoms with E-state index in [1.54, 1.807) is 0 Å². The molecular formula is C50H39NO2. The minimum atomic E-state index is -0.0263. The molecule has 2 heterocycles. The van der Waals surface area contributed by atoms with Gasteiger partial charge in [-0.25, -0.2) is 0 Å². The van der Waals surface area contributed by atoms with Crippen LogP contribution in [-0.4, -0.2) is 0 Å². The van der Waals surface area contributed by atoms with Crippen molar-refractivity contribution in [3.63, 3.8) is 0 Å². The van der Waals surface area contributed by atoms with E-state index in [-0.39, 0.29) is 5.41 Å². The molecule has 0 atom stereocenters. The van der Waals surface area contributed by atoms with E-state index in [2.05, 4.69) is 150 Å². The lowest BCUT2D eigenvalue weighted by Gasteiger charge is -2.63. The van der Waals surface area contributed by atoms with Gasteiger partial charge in [0.2, 0.25) is 0 Å². The number of furan rings is 1. The van der Waals surface area contributed by atoms with Crippen LogP contribution in [0.3, 0.4) is 0 Å². The highest BCUT2D eigenvalue weighted by Crippen LogP contribution is 2.69. The van der Waals surface area contributed by atoms with Gasteiger partial charge in [-0.1, -0.05) is 97.1 Å². The van der Waals surface area contributed by atoms with Crippen molar-refractivity contribution in [1.29, 1.82) is 0 Å². The van der Waals surface area contributed by atoms with Crippen molar-refractivity contribution in [1.82, 2.24) is 0 Å². The average Bonchev–Trinajstić information content (AvgIpc) is 3.58. The normalized spacial score (nSPS) is 23.7. The molecule has 0 unspecified atom stereocenters. The summed E-state index contributed by atoms with van der Waals surface area (Å²) in [5.74, 6) is 5.11. The van der Waals surface area contributed by atoms with Gasteiger partial charge in [-0.3, -0.25) is 0 Å². The van der Waals surface area contributed by atoms with Gasteiger partial charge in [-0.2, -0.15) is 0 Å². The van der Waals surface area contributed by atoms with Crippen LogP contribution in [0.4, 0.5) is 17.1 Å². The van der Waals surface area contributed by atoms with E-state index in [1.165, 1.54) is 54.0 Å². The van der Waals surface area contributed by atoms with E-state index in [1.807, 2.05) is 6.07 Å². The van der Waals surface area contributed by atoms with Gasteiger partial charge in [-0.05, 0) is 127 Å². The number of benzene rings is 7. The Morgan fingerprint density at radius 2 is 1.17 bits per heavy atom. The van der Waals surface area contributed by atoms with Crippen LogP contribution in [0.5, 0.6) is 11.5 Å². The van der Waals surface area contributed by atoms with Crippen LogP contribution in [-0.2, 0) is 5.41 Å². The van der Waals surface area contributed by atoms with Crippen molar-refractivity contribution in [3.8, 4) is 22.6 Å². The molecule has 7 aromatic carbocycles. The minimum Gasteiger partial charge on any atom is -0.457 e. The first-order valence-corrected chi connectivity index (χ1v) is 19.4. The second-order valence-corrected chi connectivity index (χ2v) is 16.1. The van der Waals surface area contributed by atoms with Gasteiger partial charge in [-0.15, -0.1) is 0 Å². The van der Waals surface area contributed by atoms with Crippen molar-refractivity contribution in [2.45, 2.75) is 37.5 Å². The van der Waals surface area contributed by atoms with E-state index in [0.29, 0.717) is 11.8 Å². The number of anilines is 3. The fourth-order valence-corrected chi connectivity index (χ4v) is 11.6. The third kappa shape index (κ3) is 4.28. The largest absolute Gasteiger partial charge is 0.457 e. The summed E-state index contributed by atoms with van der Waals surface area (Å²) in [5, 5.41) is 4.76. The third-order valence-electron chi connectivity index (χ3n) is 13.5. The van der Waals surface area contributed by atoms with E-state index >= 15 is 0 Å². The summed E-state index contributed by atoms with van der Waals surface area (Å²) in [7, 11) is 0. The fourth-order valence-electron chi connectivity index (χ4n) is 11.6. The lowest BCUT2D eigenvalue weighted by Crippen LogP contribution is -2.57. The number of nitrogens with zero attached hydrogens (tertiary/aromatic N) is 1. The molecule has 3 heteroatoms. The highest BCUT2D eigenvalue weighted by Gasteiger charge is 2.61. The molecule has 5 aliphatic rings. The second kappa shape index (κ2) is 11.1.